The van der Waals surface area contributed by atoms with E-state index < -0.39 is 17.7 Å². The Morgan fingerprint density at radius 1 is 1.37 bits per heavy atom. The van der Waals surface area contributed by atoms with Crippen LogP contribution >= 0.6 is 0 Å². The highest BCUT2D eigenvalue weighted by Gasteiger charge is 2.30. The zero-order chi connectivity index (χ0) is 14.2. The van der Waals surface area contributed by atoms with Crippen molar-refractivity contribution in [2.24, 2.45) is 0 Å². The van der Waals surface area contributed by atoms with Crippen LogP contribution in [-0.4, -0.2) is 30.4 Å². The molecular weight excluding hydrogens is 250 g/mol. The van der Waals surface area contributed by atoms with Gasteiger partial charge in [-0.2, -0.15) is 0 Å². The molecule has 5 heteroatoms. The number of halogens is 2. The molecule has 1 aliphatic heterocycles. The molecule has 1 aromatic rings. The zero-order valence-corrected chi connectivity index (χ0v) is 11.3. The van der Waals surface area contributed by atoms with E-state index in [1.54, 1.807) is 18.9 Å². The zero-order valence-electron chi connectivity index (χ0n) is 11.3. The smallest absolute Gasteiger partial charge is 0.239 e. The van der Waals surface area contributed by atoms with Crippen molar-refractivity contribution < 1.29 is 13.6 Å². The van der Waals surface area contributed by atoms with Gasteiger partial charge in [0, 0.05) is 25.2 Å². The molecule has 1 aliphatic rings. The Balaban J connectivity index is 2.14. The van der Waals surface area contributed by atoms with Gasteiger partial charge in [0.15, 0.2) is 0 Å². The molecule has 0 spiro atoms. The Bertz CT molecular complexity index is 504. The quantitative estimate of drug-likeness (QED) is 0.911. The number of nitrogens with one attached hydrogen (secondary N) is 1. The van der Waals surface area contributed by atoms with Crippen molar-refractivity contribution >= 4 is 5.91 Å². The first-order valence-corrected chi connectivity index (χ1v) is 6.36. The molecule has 3 nitrogen and oxygen atoms in total. The molecule has 1 N–H and O–H groups in total. The van der Waals surface area contributed by atoms with Gasteiger partial charge in [-0.3, -0.25) is 10.1 Å². The van der Waals surface area contributed by atoms with Gasteiger partial charge in [0.25, 0.3) is 0 Å². The van der Waals surface area contributed by atoms with E-state index in [1.807, 2.05) is 0 Å². The van der Waals surface area contributed by atoms with Crippen LogP contribution in [0, 0.1) is 18.6 Å². The summed E-state index contributed by atoms with van der Waals surface area (Å²) in [4.78, 5) is 13.4. The lowest BCUT2D eigenvalue weighted by Crippen LogP contribution is -2.38. The topological polar surface area (TPSA) is 32.3 Å². The van der Waals surface area contributed by atoms with Crippen molar-refractivity contribution in [2.75, 3.05) is 13.6 Å². The maximum atomic E-state index is 13.8. The Labute approximate surface area is 111 Å². The number of hydrogen-bond donors (Lipinski definition) is 1. The predicted molar refractivity (Wildman–Crippen MR) is 68.7 cm³/mol. The standard InChI is InChI=1S/C14H18F2N2O/c1-8-6-12(16)10(7-11(8)15)9(2)17-13-4-5-18(3)14(13)19/h6-7,9,13,17H,4-5H2,1-3H3. The van der Waals surface area contributed by atoms with E-state index in [0.717, 1.165) is 0 Å². The molecule has 2 unspecified atom stereocenters. The third kappa shape index (κ3) is 2.76. The molecule has 0 bridgehead atoms. The molecule has 1 aromatic carbocycles. The van der Waals surface area contributed by atoms with Gasteiger partial charge in [0.05, 0.1) is 6.04 Å². The van der Waals surface area contributed by atoms with Crippen molar-refractivity contribution in [3.05, 3.63) is 34.9 Å². The van der Waals surface area contributed by atoms with Crippen LogP contribution in [0.3, 0.4) is 0 Å². The minimum Gasteiger partial charge on any atom is -0.344 e. The van der Waals surface area contributed by atoms with Crippen molar-refractivity contribution in [2.45, 2.75) is 32.4 Å². The van der Waals surface area contributed by atoms with Gasteiger partial charge in [-0.1, -0.05) is 0 Å². The first kappa shape index (κ1) is 13.9. The van der Waals surface area contributed by atoms with E-state index in [1.165, 1.54) is 19.1 Å². The van der Waals surface area contributed by atoms with Gasteiger partial charge in [0.1, 0.15) is 11.6 Å². The first-order chi connectivity index (χ1) is 8.90. The van der Waals surface area contributed by atoms with Crippen LogP contribution in [0.25, 0.3) is 0 Å². The van der Waals surface area contributed by atoms with Crippen molar-refractivity contribution in [1.29, 1.82) is 0 Å². The molecular formula is C14H18F2N2O. The highest BCUT2D eigenvalue weighted by Crippen LogP contribution is 2.22. The Morgan fingerprint density at radius 2 is 2.05 bits per heavy atom. The first-order valence-electron chi connectivity index (χ1n) is 6.36. The van der Waals surface area contributed by atoms with Gasteiger partial charge in [-0.25, -0.2) is 8.78 Å². The maximum absolute atomic E-state index is 13.8. The highest BCUT2D eigenvalue weighted by molar-refractivity contribution is 5.83. The second-order valence-electron chi connectivity index (χ2n) is 5.11. The number of likely N-dealkylation sites (tertiary alicyclic amines) is 1. The lowest BCUT2D eigenvalue weighted by molar-refractivity contribution is -0.128. The molecule has 1 fully saturated rings. The average Bonchev–Trinajstić information content (AvgIpc) is 2.65. The highest BCUT2D eigenvalue weighted by atomic mass is 19.1. The number of aryl methyl sites for hydroxylation is 1. The van der Waals surface area contributed by atoms with E-state index in [2.05, 4.69) is 5.32 Å². The maximum Gasteiger partial charge on any atom is 0.239 e. The molecule has 19 heavy (non-hydrogen) atoms. The molecule has 0 saturated carbocycles. The van der Waals surface area contributed by atoms with Gasteiger partial charge in [-0.05, 0) is 38.0 Å². The molecule has 1 heterocycles. The van der Waals surface area contributed by atoms with Crippen LogP contribution in [0.2, 0.25) is 0 Å². The van der Waals surface area contributed by atoms with E-state index in [4.69, 9.17) is 0 Å². The number of carbonyl (C=O) groups is 1. The number of hydrogen-bond acceptors (Lipinski definition) is 2. The minimum atomic E-state index is -0.447. The minimum absolute atomic E-state index is 0.000146. The molecule has 2 atom stereocenters. The molecule has 0 aliphatic carbocycles. The number of rotatable bonds is 3. The van der Waals surface area contributed by atoms with Crippen LogP contribution in [0.5, 0.6) is 0 Å². The van der Waals surface area contributed by atoms with Crippen LogP contribution in [-0.2, 0) is 4.79 Å². The molecule has 104 valence electrons. The summed E-state index contributed by atoms with van der Waals surface area (Å²) in [7, 11) is 1.74. The van der Waals surface area contributed by atoms with Crippen LogP contribution < -0.4 is 5.32 Å². The van der Waals surface area contributed by atoms with Crippen molar-refractivity contribution in [3.63, 3.8) is 0 Å². The largest absolute Gasteiger partial charge is 0.344 e. The summed E-state index contributed by atoms with van der Waals surface area (Å²) >= 11 is 0. The van der Waals surface area contributed by atoms with Gasteiger partial charge in [-0.15, -0.1) is 0 Å². The molecule has 1 amide bonds. The Kier molecular flexibility index (Phi) is 3.85. The fourth-order valence-corrected chi connectivity index (χ4v) is 2.36. The lowest BCUT2D eigenvalue weighted by Gasteiger charge is -2.19. The summed E-state index contributed by atoms with van der Waals surface area (Å²) in [6, 6.07) is 1.66. The van der Waals surface area contributed by atoms with Gasteiger partial charge >= 0.3 is 0 Å². The number of nitrogens with zero attached hydrogens (tertiary/aromatic N) is 1. The Morgan fingerprint density at radius 3 is 2.63 bits per heavy atom. The Hall–Kier alpha value is -1.49. The molecule has 0 aromatic heterocycles. The van der Waals surface area contributed by atoms with E-state index in [9.17, 15) is 13.6 Å². The average molecular weight is 268 g/mol. The third-order valence-corrected chi connectivity index (χ3v) is 3.62. The normalized spacial score (nSPS) is 21.0. The number of carbonyl (C=O) groups excluding carboxylic acids is 1. The monoisotopic (exact) mass is 268 g/mol. The summed E-state index contributed by atoms with van der Waals surface area (Å²) in [5.41, 5.74) is 0.538. The van der Waals surface area contributed by atoms with Crippen LogP contribution in [0.15, 0.2) is 12.1 Å². The summed E-state index contributed by atoms with van der Waals surface area (Å²) in [5.74, 6) is -0.877. The molecule has 2 rings (SSSR count). The number of likely N-dealkylation sites (N-methyl/N-ethyl adjacent to an activating group) is 1. The fraction of sp³-hybridized carbons (Fsp3) is 0.500. The van der Waals surface area contributed by atoms with E-state index in [0.29, 0.717) is 13.0 Å². The number of amides is 1. The lowest BCUT2D eigenvalue weighted by atomic mass is 10.0. The predicted octanol–water partition coefficient (Wildman–Crippen LogP) is 2.15. The summed E-state index contributed by atoms with van der Waals surface area (Å²) in [6.45, 7) is 3.95. The summed E-state index contributed by atoms with van der Waals surface area (Å²) < 4.78 is 27.3. The summed E-state index contributed by atoms with van der Waals surface area (Å²) in [5, 5.41) is 3.06. The van der Waals surface area contributed by atoms with Crippen LogP contribution in [0.1, 0.15) is 30.5 Å². The SMILES string of the molecule is Cc1cc(F)c(C(C)NC2CCN(C)C2=O)cc1F. The van der Waals surface area contributed by atoms with E-state index in [-0.39, 0.29) is 23.1 Å². The number of benzene rings is 1. The van der Waals surface area contributed by atoms with E-state index >= 15 is 0 Å². The van der Waals surface area contributed by atoms with Gasteiger partial charge in [0.2, 0.25) is 5.91 Å². The summed E-state index contributed by atoms with van der Waals surface area (Å²) in [6.07, 6.45) is 0.690. The molecule has 0 radical (unpaired) electrons. The third-order valence-electron chi connectivity index (χ3n) is 3.62. The van der Waals surface area contributed by atoms with Crippen molar-refractivity contribution in [1.82, 2.24) is 10.2 Å². The van der Waals surface area contributed by atoms with Crippen molar-refractivity contribution in [3.8, 4) is 0 Å². The second kappa shape index (κ2) is 5.25. The van der Waals surface area contributed by atoms with Crippen LogP contribution in [0.4, 0.5) is 8.78 Å². The fourth-order valence-electron chi connectivity index (χ4n) is 2.36. The molecule has 1 saturated heterocycles. The van der Waals surface area contributed by atoms with Gasteiger partial charge < -0.3 is 4.90 Å². The second-order valence-corrected chi connectivity index (χ2v) is 5.11.